The average molecular weight is 347 g/mol. The van der Waals surface area contributed by atoms with E-state index in [2.05, 4.69) is 34.5 Å². The minimum absolute atomic E-state index is 0.597. The van der Waals surface area contributed by atoms with E-state index in [1.807, 2.05) is 30.0 Å². The van der Waals surface area contributed by atoms with Gasteiger partial charge in [-0.05, 0) is 66.1 Å². The molecule has 0 aromatic heterocycles. The first-order chi connectivity index (χ1) is 12.3. The lowest BCUT2D eigenvalue weighted by Crippen LogP contribution is -2.44. The summed E-state index contributed by atoms with van der Waals surface area (Å²) < 4.78 is 0. The summed E-state index contributed by atoms with van der Waals surface area (Å²) in [6.45, 7) is 3.41. The number of nitrogens with one attached hydrogen (secondary N) is 1. The lowest BCUT2D eigenvalue weighted by molar-refractivity contribution is 0.403. The highest BCUT2D eigenvalue weighted by Crippen LogP contribution is 2.51. The SMILES string of the molecule is N#Cc1cccc(-c2cc3c4c(c2)[C@@H]2CNCC[C@@H]2N4CCCS3)c1. The number of rotatable bonds is 1. The first-order valence-electron chi connectivity index (χ1n) is 9.14. The second-order valence-electron chi connectivity index (χ2n) is 7.17. The predicted octanol–water partition coefficient (Wildman–Crippen LogP) is 3.99. The van der Waals surface area contributed by atoms with Crippen molar-refractivity contribution in [1.82, 2.24) is 5.32 Å². The maximum absolute atomic E-state index is 9.23. The summed E-state index contributed by atoms with van der Waals surface area (Å²) in [5.41, 5.74) is 6.16. The van der Waals surface area contributed by atoms with Gasteiger partial charge in [0, 0.05) is 29.9 Å². The van der Waals surface area contributed by atoms with Crippen LogP contribution in [0.25, 0.3) is 11.1 Å². The summed E-state index contributed by atoms with van der Waals surface area (Å²) >= 11 is 2.00. The number of thioether (sulfide) groups is 1. The third-order valence-corrected chi connectivity index (χ3v) is 6.88. The molecule has 0 amide bonds. The van der Waals surface area contributed by atoms with Crippen molar-refractivity contribution in [2.75, 3.05) is 30.3 Å². The van der Waals surface area contributed by atoms with Crippen molar-refractivity contribution in [3.8, 4) is 17.2 Å². The van der Waals surface area contributed by atoms with Gasteiger partial charge in [-0.2, -0.15) is 5.26 Å². The lowest BCUT2D eigenvalue weighted by atomic mass is 9.88. The topological polar surface area (TPSA) is 39.1 Å². The second-order valence-corrected chi connectivity index (χ2v) is 8.30. The monoisotopic (exact) mass is 347 g/mol. The Morgan fingerprint density at radius 3 is 3.08 bits per heavy atom. The Morgan fingerprint density at radius 1 is 1.20 bits per heavy atom. The number of benzene rings is 2. The molecule has 1 fully saturated rings. The van der Waals surface area contributed by atoms with Crippen molar-refractivity contribution in [3.05, 3.63) is 47.5 Å². The van der Waals surface area contributed by atoms with Gasteiger partial charge >= 0.3 is 0 Å². The highest BCUT2D eigenvalue weighted by atomic mass is 32.2. The molecular formula is C21H21N3S. The standard InChI is InChI=1S/C21H21N3S/c22-12-14-3-1-4-15(9-14)16-10-17-18-13-23-6-5-19(18)24-7-2-8-25-20(11-16)21(17)24/h1,3-4,9-11,18-19,23H,2,5-8,13H2/t18-,19-/m0/s1. The summed E-state index contributed by atoms with van der Waals surface area (Å²) in [4.78, 5) is 4.13. The Morgan fingerprint density at radius 2 is 2.16 bits per heavy atom. The van der Waals surface area contributed by atoms with E-state index in [1.165, 1.54) is 46.8 Å². The molecule has 0 saturated carbocycles. The van der Waals surface area contributed by atoms with Crippen LogP contribution in [0.4, 0.5) is 5.69 Å². The molecule has 126 valence electrons. The highest BCUT2D eigenvalue weighted by Gasteiger charge is 2.41. The summed E-state index contributed by atoms with van der Waals surface area (Å²) in [7, 11) is 0. The van der Waals surface area contributed by atoms with E-state index < -0.39 is 0 Å². The van der Waals surface area contributed by atoms with Crippen molar-refractivity contribution in [1.29, 1.82) is 5.26 Å². The first kappa shape index (κ1) is 15.3. The van der Waals surface area contributed by atoms with Crippen LogP contribution in [-0.4, -0.2) is 31.4 Å². The van der Waals surface area contributed by atoms with Gasteiger partial charge in [-0.25, -0.2) is 0 Å². The van der Waals surface area contributed by atoms with Gasteiger partial charge in [0.05, 0.1) is 17.3 Å². The molecule has 3 nitrogen and oxygen atoms in total. The Labute approximate surface area is 153 Å². The van der Waals surface area contributed by atoms with Gasteiger partial charge in [-0.15, -0.1) is 11.8 Å². The molecular weight excluding hydrogens is 326 g/mol. The van der Waals surface area contributed by atoms with Crippen molar-refractivity contribution in [2.45, 2.75) is 29.7 Å². The normalized spacial score (nSPS) is 24.2. The molecule has 1 N–H and O–H groups in total. The average Bonchev–Trinajstić information content (AvgIpc) is 2.83. The number of fused-ring (bicyclic) bond motifs is 3. The number of piperidine rings is 1. The zero-order valence-corrected chi connectivity index (χ0v) is 15.0. The van der Waals surface area contributed by atoms with Crippen LogP contribution < -0.4 is 10.2 Å². The minimum Gasteiger partial charge on any atom is -0.367 e. The summed E-state index contributed by atoms with van der Waals surface area (Å²) in [5, 5.41) is 12.8. The van der Waals surface area contributed by atoms with Crippen LogP contribution in [0.3, 0.4) is 0 Å². The molecule has 3 aliphatic heterocycles. The van der Waals surface area contributed by atoms with E-state index >= 15 is 0 Å². The van der Waals surface area contributed by atoms with Gasteiger partial charge in [0.1, 0.15) is 0 Å². The quantitative estimate of drug-likeness (QED) is 0.847. The molecule has 0 radical (unpaired) electrons. The number of anilines is 1. The molecule has 0 aliphatic carbocycles. The van der Waals surface area contributed by atoms with Gasteiger partial charge in [0.2, 0.25) is 0 Å². The lowest BCUT2D eigenvalue weighted by Gasteiger charge is -2.33. The Bertz CT molecular complexity index is 870. The fourth-order valence-electron chi connectivity index (χ4n) is 4.66. The van der Waals surface area contributed by atoms with Crippen LogP contribution in [0.1, 0.15) is 29.9 Å². The Hall–Kier alpha value is -1.96. The van der Waals surface area contributed by atoms with E-state index in [1.54, 1.807) is 0 Å². The van der Waals surface area contributed by atoms with Gasteiger partial charge in [0.25, 0.3) is 0 Å². The fraction of sp³-hybridized carbons (Fsp3) is 0.381. The van der Waals surface area contributed by atoms with E-state index in [4.69, 9.17) is 0 Å². The maximum atomic E-state index is 9.23. The minimum atomic E-state index is 0.597. The summed E-state index contributed by atoms with van der Waals surface area (Å²) in [6.07, 6.45) is 2.50. The third kappa shape index (κ3) is 2.46. The zero-order valence-electron chi connectivity index (χ0n) is 14.2. The summed E-state index contributed by atoms with van der Waals surface area (Å²) in [5.74, 6) is 1.79. The highest BCUT2D eigenvalue weighted by molar-refractivity contribution is 7.99. The van der Waals surface area contributed by atoms with Crippen molar-refractivity contribution in [3.63, 3.8) is 0 Å². The van der Waals surface area contributed by atoms with Crippen molar-refractivity contribution in [2.24, 2.45) is 0 Å². The van der Waals surface area contributed by atoms with Crippen LogP contribution in [0.2, 0.25) is 0 Å². The van der Waals surface area contributed by atoms with Crippen LogP contribution >= 0.6 is 11.8 Å². The largest absolute Gasteiger partial charge is 0.367 e. The number of nitriles is 1. The fourth-order valence-corrected chi connectivity index (χ4v) is 5.74. The molecule has 2 aromatic rings. The number of nitrogens with zero attached hydrogens (tertiary/aromatic N) is 2. The van der Waals surface area contributed by atoms with Crippen LogP contribution in [0.5, 0.6) is 0 Å². The van der Waals surface area contributed by atoms with Crippen LogP contribution in [-0.2, 0) is 0 Å². The molecule has 5 rings (SSSR count). The smallest absolute Gasteiger partial charge is 0.0991 e. The molecule has 3 aliphatic rings. The van der Waals surface area contributed by atoms with Crippen molar-refractivity contribution < 1.29 is 0 Å². The van der Waals surface area contributed by atoms with E-state index in [0.29, 0.717) is 12.0 Å². The Balaban J connectivity index is 1.68. The molecule has 1 saturated heterocycles. The van der Waals surface area contributed by atoms with Gasteiger partial charge in [-0.1, -0.05) is 12.1 Å². The van der Waals surface area contributed by atoms with E-state index in [9.17, 15) is 5.26 Å². The van der Waals surface area contributed by atoms with Gasteiger partial charge in [-0.3, -0.25) is 0 Å². The molecule has 2 atom stereocenters. The molecule has 0 spiro atoms. The van der Waals surface area contributed by atoms with E-state index in [0.717, 1.165) is 24.2 Å². The third-order valence-electron chi connectivity index (χ3n) is 5.76. The van der Waals surface area contributed by atoms with E-state index in [-0.39, 0.29) is 0 Å². The number of hydrogen-bond acceptors (Lipinski definition) is 4. The number of hydrogen-bond donors (Lipinski definition) is 1. The Kier molecular flexibility index (Phi) is 3.73. The van der Waals surface area contributed by atoms with Crippen LogP contribution in [0.15, 0.2) is 41.3 Å². The molecule has 0 bridgehead atoms. The maximum Gasteiger partial charge on any atom is 0.0991 e. The zero-order chi connectivity index (χ0) is 16.8. The first-order valence-corrected chi connectivity index (χ1v) is 10.1. The van der Waals surface area contributed by atoms with Crippen LogP contribution in [0, 0.1) is 11.3 Å². The molecule has 4 heteroatoms. The molecule has 3 heterocycles. The molecule has 2 aromatic carbocycles. The predicted molar refractivity (Wildman–Crippen MR) is 103 cm³/mol. The molecule has 25 heavy (non-hydrogen) atoms. The van der Waals surface area contributed by atoms with Gasteiger partial charge in [0.15, 0.2) is 0 Å². The van der Waals surface area contributed by atoms with Crippen molar-refractivity contribution >= 4 is 17.4 Å². The van der Waals surface area contributed by atoms with Gasteiger partial charge < -0.3 is 10.2 Å². The second kappa shape index (κ2) is 6.09. The molecule has 0 unspecified atom stereocenters. The summed E-state index contributed by atoms with van der Waals surface area (Å²) in [6, 6.07) is 15.7.